The van der Waals surface area contributed by atoms with E-state index in [0.717, 1.165) is 18.2 Å². The number of halogens is 3. The maximum atomic E-state index is 13.7. The van der Waals surface area contributed by atoms with E-state index < -0.39 is 17.7 Å². The van der Waals surface area contributed by atoms with Crippen LogP contribution in [0.4, 0.5) is 14.5 Å². The summed E-state index contributed by atoms with van der Waals surface area (Å²) in [5.41, 5.74) is 1.06. The van der Waals surface area contributed by atoms with Crippen LogP contribution < -0.4 is 5.32 Å². The summed E-state index contributed by atoms with van der Waals surface area (Å²) in [6.07, 6.45) is 0. The minimum Gasteiger partial charge on any atom is -0.377 e. The Hall–Kier alpha value is -2.12. The molecule has 0 saturated carbocycles. The first-order valence-electron chi connectivity index (χ1n) is 5.92. The molecule has 0 fully saturated rings. The van der Waals surface area contributed by atoms with Gasteiger partial charge in [-0.3, -0.25) is 0 Å². The lowest BCUT2D eigenvalue weighted by molar-refractivity contribution is 0.577. The molecule has 0 aromatic heterocycles. The molecule has 2 aromatic rings. The van der Waals surface area contributed by atoms with Crippen LogP contribution in [-0.2, 0) is 0 Å². The van der Waals surface area contributed by atoms with Crippen molar-refractivity contribution in [2.24, 2.45) is 0 Å². The summed E-state index contributed by atoms with van der Waals surface area (Å²) in [6, 6.07) is 9.52. The highest BCUT2D eigenvalue weighted by molar-refractivity contribution is 6.30. The van der Waals surface area contributed by atoms with E-state index in [2.05, 4.69) is 5.32 Å². The third-order valence-electron chi connectivity index (χ3n) is 2.90. The van der Waals surface area contributed by atoms with Crippen molar-refractivity contribution in [2.45, 2.75) is 13.0 Å². The van der Waals surface area contributed by atoms with Crippen molar-refractivity contribution in [1.82, 2.24) is 0 Å². The summed E-state index contributed by atoms with van der Waals surface area (Å²) in [5.74, 6) is -1.02. The average Bonchev–Trinajstić information content (AvgIpc) is 2.41. The summed E-state index contributed by atoms with van der Waals surface area (Å²) in [6.45, 7) is 1.68. The van der Waals surface area contributed by atoms with Crippen LogP contribution in [0.2, 0.25) is 5.02 Å². The molecule has 2 aromatic carbocycles. The summed E-state index contributed by atoms with van der Waals surface area (Å²) >= 11 is 5.88. The normalized spacial score (nSPS) is 11.8. The predicted octanol–water partition coefficient (Wildman–Crippen LogP) is 4.66. The monoisotopic (exact) mass is 292 g/mol. The van der Waals surface area contributed by atoms with Gasteiger partial charge in [-0.1, -0.05) is 11.6 Å². The van der Waals surface area contributed by atoms with Gasteiger partial charge < -0.3 is 5.32 Å². The Balaban J connectivity index is 2.32. The molecule has 5 heteroatoms. The van der Waals surface area contributed by atoms with Crippen molar-refractivity contribution in [3.8, 4) is 6.07 Å². The summed E-state index contributed by atoms with van der Waals surface area (Å²) in [7, 11) is 0. The molecular weight excluding hydrogens is 282 g/mol. The molecule has 1 unspecified atom stereocenters. The van der Waals surface area contributed by atoms with Crippen LogP contribution in [0.3, 0.4) is 0 Å². The van der Waals surface area contributed by atoms with E-state index in [9.17, 15) is 8.78 Å². The number of nitrogens with one attached hydrogen (secondary N) is 1. The van der Waals surface area contributed by atoms with E-state index >= 15 is 0 Å². The van der Waals surface area contributed by atoms with Crippen molar-refractivity contribution in [1.29, 1.82) is 5.26 Å². The molecule has 0 amide bonds. The van der Waals surface area contributed by atoms with Gasteiger partial charge in [0.05, 0.1) is 17.3 Å². The van der Waals surface area contributed by atoms with E-state index in [1.807, 2.05) is 6.07 Å². The van der Waals surface area contributed by atoms with Crippen LogP contribution >= 0.6 is 11.6 Å². The quantitative estimate of drug-likeness (QED) is 0.893. The number of nitrogens with zero attached hydrogens (tertiary/aromatic N) is 1. The smallest absolute Gasteiger partial charge is 0.128 e. The first-order valence-corrected chi connectivity index (χ1v) is 6.30. The topological polar surface area (TPSA) is 35.8 Å². The third kappa shape index (κ3) is 3.06. The van der Waals surface area contributed by atoms with Crippen LogP contribution in [0.15, 0.2) is 36.4 Å². The summed E-state index contributed by atoms with van der Waals surface area (Å²) < 4.78 is 26.9. The van der Waals surface area contributed by atoms with E-state index in [4.69, 9.17) is 16.9 Å². The second kappa shape index (κ2) is 5.89. The number of benzene rings is 2. The maximum Gasteiger partial charge on any atom is 0.128 e. The molecule has 0 bridgehead atoms. The van der Waals surface area contributed by atoms with Gasteiger partial charge in [0.1, 0.15) is 17.7 Å². The molecule has 0 aliphatic rings. The molecule has 2 rings (SSSR count). The predicted molar refractivity (Wildman–Crippen MR) is 74.6 cm³/mol. The van der Waals surface area contributed by atoms with Crippen molar-refractivity contribution in [3.63, 3.8) is 0 Å². The molecule has 0 heterocycles. The Kier molecular flexibility index (Phi) is 4.21. The van der Waals surface area contributed by atoms with Crippen LogP contribution in [0, 0.1) is 23.0 Å². The molecule has 2 nitrogen and oxygen atoms in total. The zero-order valence-corrected chi connectivity index (χ0v) is 11.4. The molecule has 1 N–H and O–H groups in total. The lowest BCUT2D eigenvalue weighted by Gasteiger charge is -2.17. The molecule has 0 saturated heterocycles. The highest BCUT2D eigenvalue weighted by atomic mass is 35.5. The highest BCUT2D eigenvalue weighted by Gasteiger charge is 2.13. The molecule has 0 aliphatic heterocycles. The lowest BCUT2D eigenvalue weighted by atomic mass is 10.1. The average molecular weight is 293 g/mol. The minimum atomic E-state index is -0.512. The van der Waals surface area contributed by atoms with Gasteiger partial charge in [0.15, 0.2) is 0 Å². The number of hydrogen-bond acceptors (Lipinski definition) is 2. The van der Waals surface area contributed by atoms with E-state index in [-0.39, 0.29) is 5.56 Å². The molecule has 0 aliphatic carbocycles. The summed E-state index contributed by atoms with van der Waals surface area (Å²) in [5, 5.41) is 12.5. The largest absolute Gasteiger partial charge is 0.377 e. The fourth-order valence-electron chi connectivity index (χ4n) is 1.89. The number of anilines is 1. The molecule has 20 heavy (non-hydrogen) atoms. The molecular formula is C15H11ClF2N2. The van der Waals surface area contributed by atoms with Gasteiger partial charge in [-0.2, -0.15) is 5.26 Å². The Morgan fingerprint density at radius 3 is 2.65 bits per heavy atom. The van der Waals surface area contributed by atoms with Crippen LogP contribution in [0.25, 0.3) is 0 Å². The van der Waals surface area contributed by atoms with Gasteiger partial charge in [-0.15, -0.1) is 0 Å². The van der Waals surface area contributed by atoms with Crippen molar-refractivity contribution in [2.75, 3.05) is 5.32 Å². The Bertz CT molecular complexity index is 680. The van der Waals surface area contributed by atoms with Gasteiger partial charge in [0, 0.05) is 10.6 Å². The maximum absolute atomic E-state index is 13.7. The molecule has 102 valence electrons. The van der Waals surface area contributed by atoms with Gasteiger partial charge in [-0.25, -0.2) is 8.78 Å². The Morgan fingerprint density at radius 1 is 1.20 bits per heavy atom. The van der Waals surface area contributed by atoms with Crippen LogP contribution in [0.1, 0.15) is 24.1 Å². The van der Waals surface area contributed by atoms with Crippen LogP contribution in [-0.4, -0.2) is 0 Å². The molecule has 0 radical (unpaired) electrons. The summed E-state index contributed by atoms with van der Waals surface area (Å²) in [4.78, 5) is 0. The fourth-order valence-corrected chi connectivity index (χ4v) is 2.06. The van der Waals surface area contributed by atoms with Gasteiger partial charge >= 0.3 is 0 Å². The van der Waals surface area contributed by atoms with Crippen molar-refractivity contribution >= 4 is 17.3 Å². The van der Waals surface area contributed by atoms with E-state index in [1.165, 1.54) is 0 Å². The SMILES string of the molecule is CC(Nc1cc(Cl)ccc1C#N)c1cc(F)ccc1F. The van der Waals surface area contributed by atoms with Gasteiger partial charge in [0.2, 0.25) is 0 Å². The second-order valence-corrected chi connectivity index (χ2v) is 4.77. The van der Waals surface area contributed by atoms with Gasteiger partial charge in [-0.05, 0) is 43.3 Å². The van der Waals surface area contributed by atoms with Crippen LogP contribution in [0.5, 0.6) is 0 Å². The number of nitriles is 1. The lowest BCUT2D eigenvalue weighted by Crippen LogP contribution is -2.10. The minimum absolute atomic E-state index is 0.189. The standard InChI is InChI=1S/C15H11ClF2N2/c1-9(13-7-12(17)4-5-14(13)18)20-15-6-11(16)3-2-10(15)8-19/h2-7,9,20H,1H3. The highest BCUT2D eigenvalue weighted by Crippen LogP contribution is 2.26. The second-order valence-electron chi connectivity index (χ2n) is 4.33. The fraction of sp³-hybridized carbons (Fsp3) is 0.133. The third-order valence-corrected chi connectivity index (χ3v) is 3.13. The van der Waals surface area contributed by atoms with Crippen molar-refractivity contribution in [3.05, 3.63) is 64.2 Å². The first-order chi connectivity index (χ1) is 9.51. The number of hydrogen-bond donors (Lipinski definition) is 1. The van der Waals surface area contributed by atoms with Gasteiger partial charge in [0.25, 0.3) is 0 Å². The zero-order valence-electron chi connectivity index (χ0n) is 10.6. The van der Waals surface area contributed by atoms with E-state index in [0.29, 0.717) is 16.3 Å². The Morgan fingerprint density at radius 2 is 1.95 bits per heavy atom. The first kappa shape index (κ1) is 14.3. The Labute approximate surface area is 120 Å². The molecule has 1 atom stereocenters. The van der Waals surface area contributed by atoms with Crippen molar-refractivity contribution < 1.29 is 8.78 Å². The van der Waals surface area contributed by atoms with E-state index in [1.54, 1.807) is 25.1 Å². The molecule has 0 spiro atoms. The number of rotatable bonds is 3. The zero-order chi connectivity index (χ0) is 14.7.